The molecule has 5 nitrogen and oxygen atoms in total. The van der Waals surface area contributed by atoms with Gasteiger partial charge in [0, 0.05) is 13.0 Å². The normalized spacial score (nSPS) is 13.2. The molecule has 2 atom stereocenters. The van der Waals surface area contributed by atoms with Crippen LogP contribution in [0.3, 0.4) is 0 Å². The van der Waals surface area contributed by atoms with Crippen molar-refractivity contribution in [3.63, 3.8) is 0 Å². The first-order valence-corrected chi connectivity index (χ1v) is 9.47. The van der Waals surface area contributed by atoms with E-state index in [9.17, 15) is 0 Å². The fourth-order valence-electron chi connectivity index (χ4n) is 2.67. The van der Waals surface area contributed by atoms with Gasteiger partial charge in [-0.3, -0.25) is 0 Å². The third-order valence-corrected chi connectivity index (χ3v) is 3.97. The van der Waals surface area contributed by atoms with E-state index in [1.54, 1.807) is 0 Å². The van der Waals surface area contributed by atoms with Crippen molar-refractivity contribution in [2.75, 3.05) is 19.8 Å². The molecule has 0 radical (unpaired) electrons. The number of nitriles is 2. The van der Waals surface area contributed by atoms with E-state index in [0.717, 1.165) is 70.9 Å². The number of hydrogen-bond acceptors (Lipinski definition) is 5. The Kier molecular flexibility index (Phi) is 17.3. The summed E-state index contributed by atoms with van der Waals surface area (Å²) in [5, 5.41) is 17.3. The zero-order chi connectivity index (χ0) is 17.9. The average molecular weight is 338 g/mol. The smallest absolute Gasteiger partial charge is 0.0837 e. The van der Waals surface area contributed by atoms with E-state index in [-0.39, 0.29) is 12.2 Å². The summed E-state index contributed by atoms with van der Waals surface area (Å²) in [4.78, 5) is 0. The van der Waals surface area contributed by atoms with E-state index in [1.165, 1.54) is 0 Å². The van der Waals surface area contributed by atoms with Crippen LogP contribution in [0.25, 0.3) is 0 Å². The van der Waals surface area contributed by atoms with Gasteiger partial charge in [-0.1, -0.05) is 32.6 Å². The van der Waals surface area contributed by atoms with Crippen molar-refractivity contribution < 1.29 is 9.47 Å². The van der Waals surface area contributed by atoms with Crippen LogP contribution in [-0.2, 0) is 9.47 Å². The summed E-state index contributed by atoms with van der Waals surface area (Å²) < 4.78 is 12.0. The summed E-state index contributed by atoms with van der Waals surface area (Å²) in [5.41, 5.74) is 5.56. The molecule has 0 aliphatic rings. The molecule has 24 heavy (non-hydrogen) atoms. The minimum absolute atomic E-state index is 0.0543. The third kappa shape index (κ3) is 13.3. The topological polar surface area (TPSA) is 92.1 Å². The van der Waals surface area contributed by atoms with Gasteiger partial charge in [-0.2, -0.15) is 10.5 Å². The Morgan fingerprint density at radius 1 is 0.792 bits per heavy atom. The molecular weight excluding hydrogens is 302 g/mol. The molecule has 0 fully saturated rings. The molecule has 0 rings (SSSR count). The van der Waals surface area contributed by atoms with Gasteiger partial charge in [0.05, 0.1) is 37.4 Å². The highest BCUT2D eigenvalue weighted by atomic mass is 16.5. The maximum absolute atomic E-state index is 8.73. The molecule has 0 amide bonds. The number of rotatable bonds is 17. The van der Waals surface area contributed by atoms with Gasteiger partial charge >= 0.3 is 0 Å². The Morgan fingerprint density at radius 3 is 1.92 bits per heavy atom. The molecule has 0 bridgehead atoms. The fraction of sp³-hybridized carbons (Fsp3) is 0.895. The summed E-state index contributed by atoms with van der Waals surface area (Å²) >= 11 is 0. The van der Waals surface area contributed by atoms with Crippen LogP contribution in [0.1, 0.15) is 77.6 Å². The van der Waals surface area contributed by atoms with Crippen LogP contribution >= 0.6 is 0 Å². The van der Waals surface area contributed by atoms with Gasteiger partial charge in [0.2, 0.25) is 0 Å². The number of ether oxygens (including phenoxy) is 2. The Labute approximate surface area is 148 Å². The molecule has 5 heteroatoms. The summed E-state index contributed by atoms with van der Waals surface area (Å²) in [5.74, 6) is 0. The number of nitrogens with two attached hydrogens (primary N) is 1. The Morgan fingerprint density at radius 2 is 1.38 bits per heavy atom. The second-order valence-corrected chi connectivity index (χ2v) is 6.12. The fourth-order valence-corrected chi connectivity index (χ4v) is 2.67. The summed E-state index contributed by atoms with van der Waals surface area (Å²) in [6.07, 6.45) is 10.4. The summed E-state index contributed by atoms with van der Waals surface area (Å²) in [6, 6.07) is 4.33. The van der Waals surface area contributed by atoms with Gasteiger partial charge in [0.25, 0.3) is 0 Å². The van der Waals surface area contributed by atoms with E-state index >= 15 is 0 Å². The molecule has 0 saturated carbocycles. The van der Waals surface area contributed by atoms with Crippen molar-refractivity contribution in [2.24, 2.45) is 5.73 Å². The monoisotopic (exact) mass is 337 g/mol. The molecule has 0 spiro atoms. The molecule has 0 aliphatic heterocycles. The second-order valence-electron chi connectivity index (χ2n) is 6.12. The predicted molar refractivity (Wildman–Crippen MR) is 96.2 cm³/mol. The molecule has 138 valence electrons. The van der Waals surface area contributed by atoms with Gasteiger partial charge < -0.3 is 15.2 Å². The standard InChI is InChI=1S/C19H35N3O2/c1-2-16-23-18(11-6-3-4-8-13-20)19(24-17-10-15-22)12-7-5-9-14-21/h18-19H,2-12,14,16-17,21H2,1H3. The quantitative estimate of drug-likeness (QED) is 0.404. The Bertz CT molecular complexity index is 350. The molecule has 2 unspecified atom stereocenters. The van der Waals surface area contributed by atoms with Crippen LogP contribution in [0.2, 0.25) is 0 Å². The second kappa shape index (κ2) is 18.2. The van der Waals surface area contributed by atoms with Crippen molar-refractivity contribution in [3.05, 3.63) is 0 Å². The van der Waals surface area contributed by atoms with Gasteiger partial charge in [0.15, 0.2) is 0 Å². The number of hydrogen-bond donors (Lipinski definition) is 1. The van der Waals surface area contributed by atoms with Crippen molar-refractivity contribution in [1.29, 1.82) is 10.5 Å². The van der Waals surface area contributed by atoms with E-state index in [4.69, 9.17) is 25.7 Å². The lowest BCUT2D eigenvalue weighted by atomic mass is 10.00. The minimum Gasteiger partial charge on any atom is -0.376 e. The lowest BCUT2D eigenvalue weighted by Crippen LogP contribution is -2.32. The van der Waals surface area contributed by atoms with Crippen LogP contribution in [0.5, 0.6) is 0 Å². The molecule has 2 N–H and O–H groups in total. The van der Waals surface area contributed by atoms with Crippen LogP contribution in [0, 0.1) is 22.7 Å². The van der Waals surface area contributed by atoms with E-state index in [0.29, 0.717) is 19.4 Å². The molecule has 0 aliphatic carbocycles. The average Bonchev–Trinajstić information content (AvgIpc) is 2.60. The molecule has 0 aromatic heterocycles. The van der Waals surface area contributed by atoms with E-state index < -0.39 is 0 Å². The molecule has 0 heterocycles. The highest BCUT2D eigenvalue weighted by molar-refractivity contribution is 4.75. The summed E-state index contributed by atoms with van der Waals surface area (Å²) in [7, 11) is 0. The van der Waals surface area contributed by atoms with Gasteiger partial charge in [-0.05, 0) is 38.6 Å². The van der Waals surface area contributed by atoms with Crippen molar-refractivity contribution in [3.8, 4) is 12.1 Å². The van der Waals surface area contributed by atoms with Crippen LogP contribution < -0.4 is 5.73 Å². The molecule has 0 saturated heterocycles. The highest BCUT2D eigenvalue weighted by Crippen LogP contribution is 2.19. The lowest BCUT2D eigenvalue weighted by Gasteiger charge is -2.27. The predicted octanol–water partition coefficient (Wildman–Crippen LogP) is 4.07. The maximum atomic E-state index is 8.73. The first kappa shape index (κ1) is 22.9. The first-order chi connectivity index (χ1) is 11.8. The molecular formula is C19H35N3O2. The lowest BCUT2D eigenvalue weighted by molar-refractivity contribution is -0.0798. The van der Waals surface area contributed by atoms with Gasteiger partial charge in [0.1, 0.15) is 0 Å². The number of nitrogens with zero attached hydrogens (tertiary/aromatic N) is 2. The third-order valence-electron chi connectivity index (χ3n) is 3.97. The van der Waals surface area contributed by atoms with Crippen LogP contribution in [0.15, 0.2) is 0 Å². The number of unbranched alkanes of at least 4 members (excludes halogenated alkanes) is 5. The first-order valence-electron chi connectivity index (χ1n) is 9.47. The van der Waals surface area contributed by atoms with E-state index in [1.807, 2.05) is 0 Å². The van der Waals surface area contributed by atoms with Gasteiger partial charge in [-0.25, -0.2) is 0 Å². The highest BCUT2D eigenvalue weighted by Gasteiger charge is 2.22. The van der Waals surface area contributed by atoms with Crippen molar-refractivity contribution in [2.45, 2.75) is 89.8 Å². The molecule has 0 aromatic carbocycles. The van der Waals surface area contributed by atoms with Crippen molar-refractivity contribution in [1.82, 2.24) is 0 Å². The largest absolute Gasteiger partial charge is 0.376 e. The van der Waals surface area contributed by atoms with Crippen LogP contribution in [-0.4, -0.2) is 32.0 Å². The zero-order valence-electron chi connectivity index (χ0n) is 15.3. The minimum atomic E-state index is 0.0543. The maximum Gasteiger partial charge on any atom is 0.0837 e. The molecule has 0 aromatic rings. The van der Waals surface area contributed by atoms with E-state index in [2.05, 4.69) is 19.1 Å². The van der Waals surface area contributed by atoms with Gasteiger partial charge in [-0.15, -0.1) is 0 Å². The SMILES string of the molecule is CCCOC(CCCCCC#N)C(CCCCCN)OCCC#N. The Hall–Kier alpha value is -1.14. The van der Waals surface area contributed by atoms with Crippen molar-refractivity contribution >= 4 is 0 Å². The summed E-state index contributed by atoms with van der Waals surface area (Å²) in [6.45, 7) is 4.05. The Balaban J connectivity index is 4.44. The zero-order valence-corrected chi connectivity index (χ0v) is 15.3. The van der Waals surface area contributed by atoms with Crippen LogP contribution in [0.4, 0.5) is 0 Å².